The van der Waals surface area contributed by atoms with Crippen LogP contribution < -0.4 is 10.9 Å². The first kappa shape index (κ1) is 18.5. The van der Waals surface area contributed by atoms with Gasteiger partial charge in [-0.25, -0.2) is 4.68 Å². The van der Waals surface area contributed by atoms with Crippen LogP contribution in [-0.4, -0.2) is 20.7 Å². The zero-order chi connectivity index (χ0) is 19.2. The molecule has 1 amide bonds. The zero-order valence-electron chi connectivity index (χ0n) is 15.5. The summed E-state index contributed by atoms with van der Waals surface area (Å²) >= 11 is 0. The summed E-state index contributed by atoms with van der Waals surface area (Å²) in [6, 6.07) is 12.7. The summed E-state index contributed by atoms with van der Waals surface area (Å²) in [4.78, 5) is 28.2. The molecule has 0 fully saturated rings. The Labute approximate surface area is 157 Å². The van der Waals surface area contributed by atoms with E-state index in [1.807, 2.05) is 44.2 Å². The van der Waals surface area contributed by atoms with Gasteiger partial charge >= 0.3 is 0 Å². The summed E-state index contributed by atoms with van der Waals surface area (Å²) in [7, 11) is 0. The van der Waals surface area contributed by atoms with Crippen LogP contribution in [0.1, 0.15) is 24.0 Å². The summed E-state index contributed by atoms with van der Waals surface area (Å²) in [6.45, 7) is 4.43. The molecule has 3 aromatic rings. The third-order valence-electron chi connectivity index (χ3n) is 4.41. The van der Waals surface area contributed by atoms with E-state index in [0.717, 1.165) is 16.8 Å². The molecule has 0 spiro atoms. The molecule has 27 heavy (non-hydrogen) atoms. The fraction of sp³-hybridized carbons (Fsp3) is 0.238. The average molecular weight is 362 g/mol. The van der Waals surface area contributed by atoms with Crippen LogP contribution in [0.2, 0.25) is 0 Å². The highest BCUT2D eigenvalue weighted by atomic mass is 16.1. The first-order valence-electron chi connectivity index (χ1n) is 8.88. The number of benzene rings is 1. The van der Waals surface area contributed by atoms with Gasteiger partial charge in [0.2, 0.25) is 5.91 Å². The number of carbonyl (C=O) groups is 1. The van der Waals surface area contributed by atoms with Crippen molar-refractivity contribution in [3.8, 4) is 11.3 Å². The molecular weight excluding hydrogens is 340 g/mol. The Morgan fingerprint density at radius 3 is 2.56 bits per heavy atom. The minimum Gasteiger partial charge on any atom is -0.326 e. The van der Waals surface area contributed by atoms with Crippen molar-refractivity contribution in [2.24, 2.45) is 0 Å². The topological polar surface area (TPSA) is 76.9 Å². The lowest BCUT2D eigenvalue weighted by atomic mass is 10.1. The summed E-state index contributed by atoms with van der Waals surface area (Å²) in [6.07, 6.45) is 4.22. The molecule has 6 nitrogen and oxygen atoms in total. The molecule has 2 aromatic heterocycles. The van der Waals surface area contributed by atoms with E-state index in [2.05, 4.69) is 15.4 Å². The van der Waals surface area contributed by atoms with Crippen LogP contribution in [0.5, 0.6) is 0 Å². The van der Waals surface area contributed by atoms with Crippen molar-refractivity contribution in [3.63, 3.8) is 0 Å². The van der Waals surface area contributed by atoms with Crippen molar-refractivity contribution in [3.05, 3.63) is 76.3 Å². The highest BCUT2D eigenvalue weighted by Gasteiger charge is 2.06. The summed E-state index contributed by atoms with van der Waals surface area (Å²) in [5.41, 5.74) is 4.53. The number of amides is 1. The van der Waals surface area contributed by atoms with Crippen molar-refractivity contribution in [1.29, 1.82) is 0 Å². The standard InChI is InChI=1S/C21H22N4O2/c1-15-5-6-18(14-16(15)2)23-20(26)4-3-13-25-21(27)8-7-19(24-25)17-9-11-22-12-10-17/h5-12,14H,3-4,13H2,1-2H3,(H,23,26). The van der Waals surface area contributed by atoms with Crippen LogP contribution >= 0.6 is 0 Å². The maximum absolute atomic E-state index is 12.1. The second-order valence-electron chi connectivity index (χ2n) is 6.47. The van der Waals surface area contributed by atoms with E-state index in [4.69, 9.17) is 0 Å². The summed E-state index contributed by atoms with van der Waals surface area (Å²) in [5.74, 6) is -0.0726. The van der Waals surface area contributed by atoms with Crippen molar-refractivity contribution < 1.29 is 4.79 Å². The molecule has 0 aliphatic carbocycles. The molecular formula is C21H22N4O2. The number of nitrogens with zero attached hydrogens (tertiary/aromatic N) is 3. The first-order valence-corrected chi connectivity index (χ1v) is 8.88. The molecule has 2 heterocycles. The van der Waals surface area contributed by atoms with E-state index in [1.165, 1.54) is 16.3 Å². The van der Waals surface area contributed by atoms with Crippen LogP contribution in [0, 0.1) is 13.8 Å². The zero-order valence-corrected chi connectivity index (χ0v) is 15.5. The number of pyridine rings is 1. The van der Waals surface area contributed by atoms with Gasteiger partial charge in [-0.3, -0.25) is 14.6 Å². The van der Waals surface area contributed by atoms with Crippen LogP contribution in [0.25, 0.3) is 11.3 Å². The van der Waals surface area contributed by atoms with Crippen LogP contribution in [0.3, 0.4) is 0 Å². The van der Waals surface area contributed by atoms with Crippen molar-refractivity contribution in [1.82, 2.24) is 14.8 Å². The normalized spacial score (nSPS) is 10.6. The number of carbonyl (C=O) groups excluding carboxylic acids is 1. The van der Waals surface area contributed by atoms with Gasteiger partial charge in [-0.2, -0.15) is 5.10 Å². The lowest BCUT2D eigenvalue weighted by Crippen LogP contribution is -2.23. The maximum Gasteiger partial charge on any atom is 0.266 e. The molecule has 3 rings (SSSR count). The van der Waals surface area contributed by atoms with Gasteiger partial charge in [0.15, 0.2) is 0 Å². The molecule has 0 aliphatic heterocycles. The fourth-order valence-electron chi connectivity index (χ4n) is 2.72. The maximum atomic E-state index is 12.1. The van der Waals surface area contributed by atoms with E-state index in [1.54, 1.807) is 18.5 Å². The van der Waals surface area contributed by atoms with Crippen molar-refractivity contribution >= 4 is 11.6 Å². The molecule has 6 heteroatoms. The van der Waals surface area contributed by atoms with Gasteiger partial charge in [-0.1, -0.05) is 6.07 Å². The van der Waals surface area contributed by atoms with Crippen molar-refractivity contribution in [2.45, 2.75) is 33.2 Å². The van der Waals surface area contributed by atoms with Gasteiger partial charge in [0.25, 0.3) is 5.56 Å². The third-order valence-corrected chi connectivity index (χ3v) is 4.41. The lowest BCUT2D eigenvalue weighted by molar-refractivity contribution is -0.116. The number of hydrogen-bond donors (Lipinski definition) is 1. The molecule has 0 unspecified atom stereocenters. The Morgan fingerprint density at radius 2 is 1.81 bits per heavy atom. The monoisotopic (exact) mass is 362 g/mol. The van der Waals surface area contributed by atoms with Crippen LogP contribution in [0.15, 0.2) is 59.7 Å². The summed E-state index contributed by atoms with van der Waals surface area (Å²) in [5, 5.41) is 7.28. The molecule has 0 saturated carbocycles. The van der Waals surface area contributed by atoms with Crippen LogP contribution in [0.4, 0.5) is 5.69 Å². The predicted octanol–water partition coefficient (Wildman–Crippen LogP) is 3.34. The number of hydrogen-bond acceptors (Lipinski definition) is 4. The second-order valence-corrected chi connectivity index (χ2v) is 6.47. The Hall–Kier alpha value is -3.28. The predicted molar refractivity (Wildman–Crippen MR) is 106 cm³/mol. The Balaban J connectivity index is 1.59. The van der Waals surface area contributed by atoms with E-state index in [-0.39, 0.29) is 11.5 Å². The van der Waals surface area contributed by atoms with Gasteiger partial charge < -0.3 is 5.32 Å². The third kappa shape index (κ3) is 4.88. The summed E-state index contributed by atoms with van der Waals surface area (Å²) < 4.78 is 1.40. The van der Waals surface area contributed by atoms with E-state index >= 15 is 0 Å². The molecule has 0 radical (unpaired) electrons. The lowest BCUT2D eigenvalue weighted by Gasteiger charge is -2.09. The molecule has 138 valence electrons. The van der Waals surface area contributed by atoms with Crippen molar-refractivity contribution in [2.75, 3.05) is 5.32 Å². The quantitative estimate of drug-likeness (QED) is 0.730. The van der Waals surface area contributed by atoms with Gasteiger partial charge in [-0.15, -0.1) is 0 Å². The SMILES string of the molecule is Cc1ccc(NC(=O)CCCn2nc(-c3ccncc3)ccc2=O)cc1C. The smallest absolute Gasteiger partial charge is 0.266 e. The number of aryl methyl sites for hydroxylation is 3. The van der Waals surface area contributed by atoms with E-state index < -0.39 is 0 Å². The minimum atomic E-state index is -0.178. The van der Waals surface area contributed by atoms with Gasteiger partial charge in [-0.05, 0) is 61.7 Å². The number of nitrogens with one attached hydrogen (secondary N) is 1. The van der Waals surface area contributed by atoms with Crippen LogP contribution in [-0.2, 0) is 11.3 Å². The highest BCUT2D eigenvalue weighted by molar-refractivity contribution is 5.90. The minimum absolute atomic E-state index is 0.0726. The highest BCUT2D eigenvalue weighted by Crippen LogP contribution is 2.15. The molecule has 0 aliphatic rings. The molecule has 1 N–H and O–H groups in total. The second kappa shape index (κ2) is 8.40. The molecule has 0 saturated heterocycles. The van der Waals surface area contributed by atoms with Gasteiger partial charge in [0.1, 0.15) is 0 Å². The average Bonchev–Trinajstić information content (AvgIpc) is 2.67. The first-order chi connectivity index (χ1) is 13.0. The number of anilines is 1. The van der Waals surface area contributed by atoms with E-state index in [0.29, 0.717) is 25.1 Å². The Bertz CT molecular complexity index is 997. The Morgan fingerprint density at radius 1 is 1.04 bits per heavy atom. The fourth-order valence-corrected chi connectivity index (χ4v) is 2.72. The number of aromatic nitrogens is 3. The molecule has 0 atom stereocenters. The largest absolute Gasteiger partial charge is 0.326 e. The molecule has 1 aromatic carbocycles. The van der Waals surface area contributed by atoms with Gasteiger partial charge in [0, 0.05) is 42.7 Å². The Kier molecular flexibility index (Phi) is 5.76. The van der Waals surface area contributed by atoms with E-state index in [9.17, 15) is 9.59 Å². The molecule has 0 bridgehead atoms. The van der Waals surface area contributed by atoms with Gasteiger partial charge in [0.05, 0.1) is 5.69 Å². The number of rotatable bonds is 6.